The maximum Gasteiger partial charge on any atom is 0.315 e. The molecule has 0 aliphatic rings. The van der Waals surface area contributed by atoms with E-state index in [0.717, 1.165) is 5.56 Å². The number of hydrogen-bond acceptors (Lipinski definition) is 4. The number of amides is 1. The van der Waals surface area contributed by atoms with Crippen molar-refractivity contribution in [2.24, 2.45) is 5.92 Å². The number of methoxy groups -OCH3 is 2. The van der Waals surface area contributed by atoms with Crippen LogP contribution in [0.3, 0.4) is 0 Å². The van der Waals surface area contributed by atoms with Gasteiger partial charge in [0, 0.05) is 5.56 Å². The van der Waals surface area contributed by atoms with Gasteiger partial charge < -0.3 is 19.9 Å². The molecule has 0 saturated heterocycles. The average molecular weight is 281 g/mol. The van der Waals surface area contributed by atoms with Gasteiger partial charge in [0.25, 0.3) is 0 Å². The summed E-state index contributed by atoms with van der Waals surface area (Å²) in [5, 5.41) is 11.5. The first-order valence-electron chi connectivity index (χ1n) is 6.15. The molecule has 0 aliphatic heterocycles. The second-order valence-corrected chi connectivity index (χ2v) is 4.40. The zero-order chi connectivity index (χ0) is 15.3. The normalized spacial score (nSPS) is 13.2. The molecule has 110 valence electrons. The fraction of sp³-hybridized carbons (Fsp3) is 0.429. The van der Waals surface area contributed by atoms with Gasteiger partial charge in [0.2, 0.25) is 5.91 Å². The van der Waals surface area contributed by atoms with E-state index in [-0.39, 0.29) is 0 Å². The summed E-state index contributed by atoms with van der Waals surface area (Å²) in [6, 6.07) is 4.83. The van der Waals surface area contributed by atoms with Crippen LogP contribution in [0, 0.1) is 5.92 Å². The number of ether oxygens (including phenoxy) is 2. The summed E-state index contributed by atoms with van der Waals surface area (Å²) in [5.41, 5.74) is 0.720. The van der Waals surface area contributed by atoms with E-state index in [1.165, 1.54) is 14.0 Å². The van der Waals surface area contributed by atoms with E-state index in [1.807, 2.05) is 0 Å². The summed E-state index contributed by atoms with van der Waals surface area (Å²) in [5.74, 6) is -1.58. The van der Waals surface area contributed by atoms with Crippen molar-refractivity contribution in [1.82, 2.24) is 5.32 Å². The highest BCUT2D eigenvalue weighted by molar-refractivity contribution is 5.96. The molecule has 0 aliphatic carbocycles. The maximum atomic E-state index is 11.8. The monoisotopic (exact) mass is 281 g/mol. The van der Waals surface area contributed by atoms with Crippen LogP contribution in [0.2, 0.25) is 0 Å². The van der Waals surface area contributed by atoms with Crippen LogP contribution < -0.4 is 14.8 Å². The minimum absolute atomic E-state index is 0.394. The first-order valence-corrected chi connectivity index (χ1v) is 6.15. The van der Waals surface area contributed by atoms with E-state index >= 15 is 0 Å². The van der Waals surface area contributed by atoms with Crippen molar-refractivity contribution in [2.45, 2.75) is 19.9 Å². The Morgan fingerprint density at radius 2 is 1.85 bits per heavy atom. The molecule has 0 saturated carbocycles. The quantitative estimate of drug-likeness (QED) is 0.774. The lowest BCUT2D eigenvalue weighted by Gasteiger charge is -2.19. The minimum atomic E-state index is -1.16. The summed E-state index contributed by atoms with van der Waals surface area (Å²) in [4.78, 5) is 22.5. The molecule has 1 aromatic carbocycles. The Hall–Kier alpha value is -2.24. The Morgan fingerprint density at radius 3 is 2.35 bits per heavy atom. The highest BCUT2D eigenvalue weighted by Gasteiger charge is 2.23. The number of aliphatic carboxylic acids is 1. The number of carboxylic acid groups (broad SMARTS) is 1. The standard InChI is InChI=1S/C14H19NO5/c1-8(14(17)18)13(16)15-9(2)11-7-10(19-3)5-6-12(11)20-4/h5-9H,1-4H3,(H,15,16)(H,17,18). The van der Waals surface area contributed by atoms with Gasteiger partial charge in [0.05, 0.1) is 20.3 Å². The maximum absolute atomic E-state index is 11.8. The number of hydrogen-bond donors (Lipinski definition) is 2. The highest BCUT2D eigenvalue weighted by Crippen LogP contribution is 2.29. The number of rotatable bonds is 6. The van der Waals surface area contributed by atoms with Crippen molar-refractivity contribution in [1.29, 1.82) is 0 Å². The Bertz CT molecular complexity index is 500. The fourth-order valence-electron chi connectivity index (χ4n) is 1.71. The predicted molar refractivity (Wildman–Crippen MR) is 72.9 cm³/mol. The van der Waals surface area contributed by atoms with Gasteiger partial charge in [-0.3, -0.25) is 9.59 Å². The molecular weight excluding hydrogens is 262 g/mol. The smallest absolute Gasteiger partial charge is 0.315 e. The van der Waals surface area contributed by atoms with Crippen LogP contribution in [-0.2, 0) is 9.59 Å². The molecule has 1 amide bonds. The molecule has 0 spiro atoms. The molecule has 6 nitrogen and oxygen atoms in total. The molecule has 20 heavy (non-hydrogen) atoms. The molecule has 1 rings (SSSR count). The van der Waals surface area contributed by atoms with E-state index < -0.39 is 23.8 Å². The lowest BCUT2D eigenvalue weighted by molar-refractivity contribution is -0.146. The second-order valence-electron chi connectivity index (χ2n) is 4.40. The molecule has 1 aromatic rings. The van der Waals surface area contributed by atoms with Gasteiger partial charge >= 0.3 is 5.97 Å². The molecule has 6 heteroatoms. The van der Waals surface area contributed by atoms with Gasteiger partial charge in [-0.05, 0) is 32.0 Å². The lowest BCUT2D eigenvalue weighted by atomic mass is 10.1. The van der Waals surface area contributed by atoms with Crippen LogP contribution in [0.15, 0.2) is 18.2 Å². The van der Waals surface area contributed by atoms with E-state index in [2.05, 4.69) is 5.32 Å². The van der Waals surface area contributed by atoms with E-state index in [9.17, 15) is 9.59 Å². The Morgan fingerprint density at radius 1 is 1.20 bits per heavy atom. The van der Waals surface area contributed by atoms with Crippen molar-refractivity contribution >= 4 is 11.9 Å². The van der Waals surface area contributed by atoms with Crippen molar-refractivity contribution in [3.63, 3.8) is 0 Å². The van der Waals surface area contributed by atoms with E-state index in [0.29, 0.717) is 11.5 Å². The van der Waals surface area contributed by atoms with Crippen molar-refractivity contribution < 1.29 is 24.2 Å². The third kappa shape index (κ3) is 3.63. The summed E-state index contributed by atoms with van der Waals surface area (Å²) < 4.78 is 10.4. The van der Waals surface area contributed by atoms with Gasteiger partial charge in [0.15, 0.2) is 0 Å². The summed E-state index contributed by atoms with van der Waals surface area (Å²) >= 11 is 0. The third-order valence-electron chi connectivity index (χ3n) is 3.03. The van der Waals surface area contributed by atoms with Crippen molar-refractivity contribution in [2.75, 3.05) is 14.2 Å². The zero-order valence-corrected chi connectivity index (χ0v) is 12.0. The number of benzene rings is 1. The molecule has 0 radical (unpaired) electrons. The van der Waals surface area contributed by atoms with Crippen LogP contribution >= 0.6 is 0 Å². The summed E-state index contributed by atoms with van der Waals surface area (Å²) in [7, 11) is 3.07. The van der Waals surface area contributed by atoms with Crippen molar-refractivity contribution in [3.05, 3.63) is 23.8 Å². The van der Waals surface area contributed by atoms with Crippen molar-refractivity contribution in [3.8, 4) is 11.5 Å². The molecule has 2 N–H and O–H groups in total. The van der Waals surface area contributed by atoms with Gasteiger partial charge in [-0.2, -0.15) is 0 Å². The molecule has 0 bridgehead atoms. The molecule has 2 unspecified atom stereocenters. The molecule has 2 atom stereocenters. The molecular formula is C14H19NO5. The summed E-state index contributed by atoms with van der Waals surface area (Å²) in [6.07, 6.45) is 0. The third-order valence-corrected chi connectivity index (χ3v) is 3.03. The number of carbonyl (C=O) groups excluding carboxylic acids is 1. The molecule has 0 aromatic heterocycles. The van der Waals surface area contributed by atoms with Crippen LogP contribution in [0.5, 0.6) is 11.5 Å². The van der Waals surface area contributed by atoms with E-state index in [4.69, 9.17) is 14.6 Å². The number of nitrogens with one attached hydrogen (secondary N) is 1. The van der Waals surface area contributed by atoms with Crippen LogP contribution in [0.25, 0.3) is 0 Å². The minimum Gasteiger partial charge on any atom is -0.497 e. The average Bonchev–Trinajstić information content (AvgIpc) is 2.45. The number of carbonyl (C=O) groups is 2. The van der Waals surface area contributed by atoms with Crippen LogP contribution in [0.1, 0.15) is 25.5 Å². The van der Waals surface area contributed by atoms with Crippen LogP contribution in [0.4, 0.5) is 0 Å². The van der Waals surface area contributed by atoms with Gasteiger partial charge in [0.1, 0.15) is 17.4 Å². The predicted octanol–water partition coefficient (Wildman–Crippen LogP) is 1.60. The van der Waals surface area contributed by atoms with E-state index in [1.54, 1.807) is 32.2 Å². The Balaban J connectivity index is 2.93. The highest BCUT2D eigenvalue weighted by atomic mass is 16.5. The first-order chi connectivity index (χ1) is 9.40. The Kier molecular flexibility index (Phi) is 5.37. The largest absolute Gasteiger partial charge is 0.497 e. The second kappa shape index (κ2) is 6.79. The van der Waals surface area contributed by atoms with Gasteiger partial charge in [-0.1, -0.05) is 0 Å². The zero-order valence-electron chi connectivity index (χ0n) is 12.0. The van der Waals surface area contributed by atoms with Gasteiger partial charge in [-0.15, -0.1) is 0 Å². The topological polar surface area (TPSA) is 84.9 Å². The number of carboxylic acids is 1. The lowest BCUT2D eigenvalue weighted by Crippen LogP contribution is -2.35. The molecule has 0 fully saturated rings. The van der Waals surface area contributed by atoms with Gasteiger partial charge in [-0.25, -0.2) is 0 Å². The fourth-order valence-corrected chi connectivity index (χ4v) is 1.71. The first kappa shape index (κ1) is 15.8. The SMILES string of the molecule is COc1ccc(OC)c(C(C)NC(=O)C(C)C(=O)O)c1. The van der Waals surface area contributed by atoms with Crippen LogP contribution in [-0.4, -0.2) is 31.2 Å². The Labute approximate surface area is 117 Å². The molecule has 0 heterocycles. The summed E-state index contributed by atoms with van der Waals surface area (Å²) in [6.45, 7) is 3.09.